The molecule has 3 aliphatic heterocycles. The van der Waals surface area contributed by atoms with Gasteiger partial charge in [0.15, 0.2) is 12.4 Å². The normalized spacial score (nSPS) is 18.1. The first-order valence-corrected chi connectivity index (χ1v) is 16.9. The molecule has 0 aliphatic carbocycles. The van der Waals surface area contributed by atoms with E-state index in [9.17, 15) is 19.2 Å². The highest BCUT2D eigenvalue weighted by atomic mass is 35.5. The van der Waals surface area contributed by atoms with E-state index in [0.29, 0.717) is 52.4 Å². The molecule has 0 spiro atoms. The van der Waals surface area contributed by atoms with E-state index >= 15 is 0 Å². The van der Waals surface area contributed by atoms with Crippen LogP contribution in [0.1, 0.15) is 43.7 Å². The monoisotopic (exact) mass is 700 g/mol. The summed E-state index contributed by atoms with van der Waals surface area (Å²) in [7, 11) is 3.43. The minimum Gasteiger partial charge on any atom is -0.481 e. The maximum Gasteiger partial charge on any atom is 0.265 e. The number of aryl methyl sites for hydroxylation is 1. The van der Waals surface area contributed by atoms with E-state index in [2.05, 4.69) is 42.3 Å². The topological polar surface area (TPSA) is 176 Å². The minimum atomic E-state index is -0.442. The zero-order chi connectivity index (χ0) is 34.9. The number of hydrogen-bond acceptors (Lipinski definition) is 11. The third kappa shape index (κ3) is 6.72. The summed E-state index contributed by atoms with van der Waals surface area (Å²) in [6.45, 7) is 1.61. The van der Waals surface area contributed by atoms with Crippen molar-refractivity contribution < 1.29 is 23.9 Å². The fourth-order valence-corrected chi connectivity index (χ4v) is 6.79. The number of hydrogen-bond donors (Lipinski definition) is 4. The molecule has 0 saturated carbocycles. The second-order valence-electron chi connectivity index (χ2n) is 12.6. The largest absolute Gasteiger partial charge is 0.481 e. The summed E-state index contributed by atoms with van der Waals surface area (Å²) in [5.74, 6) is 0.193. The fourth-order valence-electron chi connectivity index (χ4n) is 6.65. The summed E-state index contributed by atoms with van der Waals surface area (Å²) in [6.07, 6.45) is 4.25. The Labute approximate surface area is 292 Å². The first kappa shape index (κ1) is 33.1. The van der Waals surface area contributed by atoms with Crippen molar-refractivity contribution >= 4 is 75.0 Å². The zero-order valence-electron chi connectivity index (χ0n) is 27.7. The molecule has 2 fully saturated rings. The Morgan fingerprint density at radius 2 is 1.88 bits per heavy atom. The van der Waals surface area contributed by atoms with Crippen molar-refractivity contribution in [1.29, 1.82) is 0 Å². The fraction of sp³-hybridized carbons (Fsp3) is 0.382. The number of fused-ring (bicyclic) bond motifs is 2. The molecule has 2 saturated heterocycles. The number of ether oxygens (including phenoxy) is 1. The number of rotatable bonds is 9. The summed E-state index contributed by atoms with van der Waals surface area (Å²) in [5, 5.41) is 17.8. The van der Waals surface area contributed by atoms with Gasteiger partial charge in [0, 0.05) is 75.4 Å². The second-order valence-corrected chi connectivity index (χ2v) is 13.0. The van der Waals surface area contributed by atoms with Gasteiger partial charge in [-0.2, -0.15) is 10.1 Å². The number of carbonyl (C=O) groups excluding carboxylic acids is 4. The van der Waals surface area contributed by atoms with Crippen LogP contribution in [0, 0.1) is 0 Å². The van der Waals surface area contributed by atoms with E-state index in [-0.39, 0.29) is 49.2 Å². The van der Waals surface area contributed by atoms with Crippen LogP contribution in [-0.2, 0) is 26.2 Å². The molecule has 1 unspecified atom stereocenters. The predicted molar refractivity (Wildman–Crippen MR) is 188 cm³/mol. The number of halogens is 1. The van der Waals surface area contributed by atoms with Crippen LogP contribution >= 0.6 is 11.6 Å². The highest BCUT2D eigenvalue weighted by molar-refractivity contribution is 6.33. The number of aromatic nitrogens is 4. The Kier molecular flexibility index (Phi) is 9.14. The van der Waals surface area contributed by atoms with Crippen molar-refractivity contribution in [2.75, 3.05) is 53.7 Å². The van der Waals surface area contributed by atoms with Crippen molar-refractivity contribution in [3.05, 3.63) is 53.3 Å². The molecule has 15 nitrogen and oxygen atoms in total. The molecule has 2 aromatic carbocycles. The summed E-state index contributed by atoms with van der Waals surface area (Å²) < 4.78 is 7.48. The van der Waals surface area contributed by atoms with Crippen LogP contribution in [0.4, 0.5) is 28.8 Å². The summed E-state index contributed by atoms with van der Waals surface area (Å²) in [6, 6.07) is 11.6. The maximum atomic E-state index is 12.5. The van der Waals surface area contributed by atoms with Gasteiger partial charge in [-0.15, -0.1) is 0 Å². The minimum absolute atomic E-state index is 0.114. The van der Waals surface area contributed by atoms with Gasteiger partial charge in [0.2, 0.25) is 23.7 Å². The summed E-state index contributed by atoms with van der Waals surface area (Å²) in [4.78, 5) is 61.3. The quantitative estimate of drug-likeness (QED) is 0.189. The van der Waals surface area contributed by atoms with Crippen LogP contribution in [0.2, 0.25) is 5.02 Å². The molecule has 0 radical (unpaired) electrons. The van der Waals surface area contributed by atoms with Crippen molar-refractivity contribution in [2.24, 2.45) is 7.05 Å². The first-order chi connectivity index (χ1) is 24.2. The van der Waals surface area contributed by atoms with Gasteiger partial charge < -0.3 is 30.5 Å². The van der Waals surface area contributed by atoms with Crippen LogP contribution in [-0.4, -0.2) is 82.7 Å². The van der Waals surface area contributed by atoms with Crippen LogP contribution in [0.5, 0.6) is 5.75 Å². The van der Waals surface area contributed by atoms with E-state index in [1.54, 1.807) is 35.0 Å². The number of carbonyl (C=O) groups is 4. The molecule has 7 rings (SSSR count). The van der Waals surface area contributed by atoms with Crippen molar-refractivity contribution in [1.82, 2.24) is 30.4 Å². The van der Waals surface area contributed by atoms with Gasteiger partial charge in [-0.1, -0.05) is 11.6 Å². The molecule has 4 aromatic rings. The first-order valence-electron chi connectivity index (χ1n) is 16.6. The van der Waals surface area contributed by atoms with E-state index in [1.807, 2.05) is 25.2 Å². The number of nitrogens with zero attached hydrogens (tertiary/aromatic N) is 6. The van der Waals surface area contributed by atoms with Crippen LogP contribution in [0.25, 0.3) is 10.9 Å². The zero-order valence-corrected chi connectivity index (χ0v) is 28.4. The Hall–Kier alpha value is -5.44. The molecule has 0 bridgehead atoms. The molecule has 4 N–H and O–H groups in total. The Bertz CT molecular complexity index is 1990. The lowest BCUT2D eigenvalue weighted by atomic mass is 9.93. The predicted octanol–water partition coefficient (Wildman–Crippen LogP) is 3.22. The van der Waals surface area contributed by atoms with Crippen molar-refractivity contribution in [2.45, 2.75) is 44.1 Å². The highest BCUT2D eigenvalue weighted by Gasteiger charge is 2.32. The van der Waals surface area contributed by atoms with E-state index in [1.165, 1.54) is 0 Å². The third-order valence-electron chi connectivity index (χ3n) is 9.34. The molecule has 2 aromatic heterocycles. The second kappa shape index (κ2) is 13.8. The number of imide groups is 1. The average molecular weight is 701 g/mol. The molecule has 5 heterocycles. The Morgan fingerprint density at radius 1 is 1.08 bits per heavy atom. The van der Waals surface area contributed by atoms with Gasteiger partial charge in [-0.3, -0.25) is 29.2 Å². The average Bonchev–Trinajstić information content (AvgIpc) is 3.43. The van der Waals surface area contributed by atoms with Gasteiger partial charge in [-0.05, 0) is 49.6 Å². The van der Waals surface area contributed by atoms with Gasteiger partial charge in [-0.25, -0.2) is 4.98 Å². The van der Waals surface area contributed by atoms with Gasteiger partial charge in [0.05, 0.1) is 29.0 Å². The Balaban J connectivity index is 0.982. The van der Waals surface area contributed by atoms with Gasteiger partial charge >= 0.3 is 0 Å². The van der Waals surface area contributed by atoms with E-state index < -0.39 is 5.92 Å². The number of piperidine rings is 2. The molecule has 3 aliphatic rings. The maximum absolute atomic E-state index is 12.5. The SMILES string of the molecule is CNC(=O)CCN1C(=O)COc2cc(Nc3nc(N4CCC(Nc5ccc6c(C7CCC(=O)NC7=O)nn(C)c6c5)CC4)ncc3Cl)ccc21. The van der Waals surface area contributed by atoms with Crippen molar-refractivity contribution in [3.63, 3.8) is 0 Å². The molecule has 50 heavy (non-hydrogen) atoms. The standard InChI is InChI=1S/C34H37ClN10O5/c1-36-28(46)11-14-45-25-7-4-21(16-27(25)50-18-30(45)48)39-32-24(35)17-37-34(41-32)44-12-9-19(10-13-44)38-20-3-5-22-26(15-20)43(2)42-31(22)23-6-8-29(47)40-33(23)49/h3-5,7,15-17,19,23,38H,6,8-14,18H2,1-2H3,(H,36,46)(H,37,39,41)(H,40,47,49). The van der Waals surface area contributed by atoms with Gasteiger partial charge in [0.1, 0.15) is 10.8 Å². The molecular formula is C34H37ClN10O5. The summed E-state index contributed by atoms with van der Waals surface area (Å²) >= 11 is 6.50. The molecule has 260 valence electrons. The number of benzene rings is 2. The van der Waals surface area contributed by atoms with E-state index in [0.717, 1.165) is 42.5 Å². The lowest BCUT2D eigenvalue weighted by Crippen LogP contribution is -2.40. The number of nitrogens with one attached hydrogen (secondary N) is 4. The van der Waals surface area contributed by atoms with Crippen LogP contribution in [0.15, 0.2) is 42.6 Å². The highest BCUT2D eigenvalue weighted by Crippen LogP contribution is 2.37. The number of anilines is 5. The van der Waals surface area contributed by atoms with Gasteiger partial charge in [0.25, 0.3) is 5.91 Å². The molecule has 1 atom stereocenters. The molecular weight excluding hydrogens is 664 g/mol. The Morgan fingerprint density at radius 3 is 2.66 bits per heavy atom. The van der Waals surface area contributed by atoms with Crippen LogP contribution in [0.3, 0.4) is 0 Å². The lowest BCUT2D eigenvalue weighted by molar-refractivity contribution is -0.134. The lowest BCUT2D eigenvalue weighted by Gasteiger charge is -2.33. The molecule has 16 heteroatoms. The number of amides is 4. The van der Waals surface area contributed by atoms with E-state index in [4.69, 9.17) is 21.3 Å². The smallest absolute Gasteiger partial charge is 0.265 e. The third-order valence-corrected chi connectivity index (χ3v) is 9.61. The molecule has 4 amide bonds. The van der Waals surface area contributed by atoms with Crippen LogP contribution < -0.4 is 35.8 Å². The van der Waals surface area contributed by atoms with Crippen molar-refractivity contribution in [3.8, 4) is 5.75 Å². The summed E-state index contributed by atoms with van der Waals surface area (Å²) in [5.41, 5.74) is 3.85.